The number of nitrogens with zero attached hydrogens (tertiary/aromatic N) is 2. The molecule has 0 radical (unpaired) electrons. The number of amides is 2. The van der Waals surface area contributed by atoms with Gasteiger partial charge in [-0.1, -0.05) is 32.0 Å². The van der Waals surface area contributed by atoms with E-state index in [1.165, 1.54) is 18.4 Å². The number of pyridine rings is 1. The molecule has 3 N–H and O–H groups in total. The Hall–Kier alpha value is -3.71. The highest BCUT2D eigenvalue weighted by atomic mass is 16.2. The number of carbonyl (C=O) groups is 2. The van der Waals surface area contributed by atoms with E-state index in [1.807, 2.05) is 24.3 Å². The van der Waals surface area contributed by atoms with Crippen LogP contribution in [0.2, 0.25) is 0 Å². The minimum atomic E-state index is -0.241. The number of carbonyl (C=O) groups excluding carboxylic acids is 2. The maximum atomic E-state index is 13.2. The summed E-state index contributed by atoms with van der Waals surface area (Å²) < 4.78 is 0. The molecule has 0 bridgehead atoms. The average Bonchev–Trinajstić information content (AvgIpc) is 3.26. The van der Waals surface area contributed by atoms with Crippen LogP contribution >= 0.6 is 0 Å². The molecule has 7 nitrogen and oxygen atoms in total. The monoisotopic (exact) mass is 483 g/mol. The largest absolute Gasteiger partial charge is 0.348 e. The van der Waals surface area contributed by atoms with Crippen LogP contribution in [0.25, 0.3) is 0 Å². The van der Waals surface area contributed by atoms with Gasteiger partial charge in [0.25, 0.3) is 11.8 Å². The molecule has 7 heteroatoms. The lowest BCUT2D eigenvalue weighted by Crippen LogP contribution is -2.39. The Morgan fingerprint density at radius 3 is 2.56 bits per heavy atom. The molecule has 1 saturated heterocycles. The van der Waals surface area contributed by atoms with E-state index >= 15 is 0 Å². The number of anilines is 3. The SMILES string of the molecule is CN1CCC(C(C)(C)c2ccc(NC(=O)c3cccnc3Nc3cccc4c3CNC4=O)cc2)CC1. The predicted molar refractivity (Wildman–Crippen MR) is 143 cm³/mol. The number of hydrogen-bond acceptors (Lipinski definition) is 5. The number of hydrogen-bond donors (Lipinski definition) is 3. The molecule has 1 aromatic heterocycles. The maximum Gasteiger partial charge on any atom is 0.259 e. The van der Waals surface area contributed by atoms with Gasteiger partial charge in [0.05, 0.1) is 5.56 Å². The predicted octanol–water partition coefficient (Wildman–Crippen LogP) is 4.94. The number of aromatic nitrogens is 1. The van der Waals surface area contributed by atoms with Gasteiger partial charge >= 0.3 is 0 Å². The first-order valence-electron chi connectivity index (χ1n) is 12.6. The number of piperidine rings is 1. The molecule has 0 spiro atoms. The van der Waals surface area contributed by atoms with Gasteiger partial charge in [-0.15, -0.1) is 0 Å². The van der Waals surface area contributed by atoms with E-state index in [0.717, 1.165) is 30.0 Å². The van der Waals surface area contributed by atoms with Gasteiger partial charge in [-0.25, -0.2) is 4.98 Å². The number of rotatable bonds is 6. The number of fused-ring (bicyclic) bond motifs is 1. The van der Waals surface area contributed by atoms with E-state index < -0.39 is 0 Å². The van der Waals surface area contributed by atoms with E-state index in [0.29, 0.717) is 29.4 Å². The lowest BCUT2D eigenvalue weighted by atomic mass is 9.69. The second-order valence-electron chi connectivity index (χ2n) is 10.4. The third-order valence-electron chi connectivity index (χ3n) is 7.78. The van der Waals surface area contributed by atoms with Crippen molar-refractivity contribution < 1.29 is 9.59 Å². The normalized spacial score (nSPS) is 16.4. The summed E-state index contributed by atoms with van der Waals surface area (Å²) in [6, 6.07) is 17.2. The average molecular weight is 484 g/mol. The fraction of sp³-hybridized carbons (Fsp3) is 0.345. The minimum Gasteiger partial charge on any atom is -0.348 e. The third-order valence-corrected chi connectivity index (χ3v) is 7.78. The smallest absolute Gasteiger partial charge is 0.259 e. The van der Waals surface area contributed by atoms with Gasteiger partial charge in [0.2, 0.25) is 0 Å². The molecular weight excluding hydrogens is 450 g/mol. The van der Waals surface area contributed by atoms with Crippen molar-refractivity contribution in [2.75, 3.05) is 30.8 Å². The molecule has 2 amide bonds. The van der Waals surface area contributed by atoms with E-state index in [4.69, 9.17) is 0 Å². The highest BCUT2D eigenvalue weighted by molar-refractivity contribution is 6.08. The zero-order valence-corrected chi connectivity index (χ0v) is 21.1. The summed E-state index contributed by atoms with van der Waals surface area (Å²) in [6.45, 7) is 7.39. The first-order valence-corrected chi connectivity index (χ1v) is 12.6. The molecular formula is C29H33N5O2. The molecule has 3 heterocycles. The highest BCUT2D eigenvalue weighted by Crippen LogP contribution is 2.38. The van der Waals surface area contributed by atoms with Crippen LogP contribution < -0.4 is 16.0 Å². The zero-order valence-electron chi connectivity index (χ0n) is 21.1. The van der Waals surface area contributed by atoms with Gasteiger partial charge in [0.15, 0.2) is 0 Å². The summed E-state index contributed by atoms with van der Waals surface area (Å²) in [6.07, 6.45) is 4.05. The van der Waals surface area contributed by atoms with Crippen molar-refractivity contribution in [1.82, 2.24) is 15.2 Å². The molecule has 1 fully saturated rings. The van der Waals surface area contributed by atoms with Crippen molar-refractivity contribution in [1.29, 1.82) is 0 Å². The maximum absolute atomic E-state index is 13.2. The summed E-state index contributed by atoms with van der Waals surface area (Å²) in [4.78, 5) is 32.0. The van der Waals surface area contributed by atoms with Crippen LogP contribution in [0.4, 0.5) is 17.2 Å². The zero-order chi connectivity index (χ0) is 25.3. The van der Waals surface area contributed by atoms with Gasteiger partial charge in [0.1, 0.15) is 5.82 Å². The van der Waals surface area contributed by atoms with E-state index in [-0.39, 0.29) is 17.2 Å². The summed E-state index contributed by atoms with van der Waals surface area (Å²) >= 11 is 0. The highest BCUT2D eigenvalue weighted by Gasteiger charge is 2.33. The Labute approximate surface area is 212 Å². The van der Waals surface area contributed by atoms with Crippen LogP contribution in [0.15, 0.2) is 60.8 Å². The van der Waals surface area contributed by atoms with Crippen LogP contribution in [0.3, 0.4) is 0 Å². The van der Waals surface area contributed by atoms with Crippen LogP contribution in [-0.2, 0) is 12.0 Å². The molecule has 2 aromatic carbocycles. The van der Waals surface area contributed by atoms with Crippen LogP contribution in [-0.4, -0.2) is 41.8 Å². The lowest BCUT2D eigenvalue weighted by Gasteiger charge is -2.40. The molecule has 0 aliphatic carbocycles. The number of benzene rings is 2. The Morgan fingerprint density at radius 2 is 1.81 bits per heavy atom. The molecule has 0 saturated carbocycles. The van der Waals surface area contributed by atoms with E-state index in [2.05, 4.69) is 58.9 Å². The van der Waals surface area contributed by atoms with Crippen molar-refractivity contribution in [3.8, 4) is 0 Å². The summed E-state index contributed by atoms with van der Waals surface area (Å²) in [5.41, 5.74) is 4.83. The second-order valence-corrected chi connectivity index (χ2v) is 10.4. The molecule has 2 aliphatic heterocycles. The molecule has 3 aromatic rings. The summed E-state index contributed by atoms with van der Waals surface area (Å²) in [5, 5.41) is 9.11. The minimum absolute atomic E-state index is 0.0798. The van der Waals surface area contributed by atoms with E-state index in [9.17, 15) is 9.59 Å². The molecule has 186 valence electrons. The van der Waals surface area contributed by atoms with Gasteiger partial charge in [-0.2, -0.15) is 0 Å². The van der Waals surface area contributed by atoms with Crippen LogP contribution in [0.5, 0.6) is 0 Å². The molecule has 2 aliphatic rings. The Bertz CT molecular complexity index is 1280. The summed E-state index contributed by atoms with van der Waals surface area (Å²) in [5.74, 6) is 0.760. The topological polar surface area (TPSA) is 86.4 Å². The van der Waals surface area contributed by atoms with Crippen molar-refractivity contribution in [3.05, 3.63) is 83.0 Å². The fourth-order valence-electron chi connectivity index (χ4n) is 5.33. The lowest BCUT2D eigenvalue weighted by molar-refractivity contribution is 0.0964. The van der Waals surface area contributed by atoms with Crippen molar-refractivity contribution in [2.45, 2.75) is 38.6 Å². The van der Waals surface area contributed by atoms with Gasteiger partial charge in [-0.05, 0) is 86.3 Å². The first-order chi connectivity index (χ1) is 17.3. The van der Waals surface area contributed by atoms with Crippen molar-refractivity contribution >= 4 is 29.0 Å². The Morgan fingerprint density at radius 1 is 1.06 bits per heavy atom. The van der Waals surface area contributed by atoms with Crippen molar-refractivity contribution in [3.63, 3.8) is 0 Å². The first kappa shape index (κ1) is 24.0. The Kier molecular flexibility index (Phi) is 6.49. The van der Waals surface area contributed by atoms with Crippen molar-refractivity contribution in [2.24, 2.45) is 5.92 Å². The Balaban J connectivity index is 1.31. The fourth-order valence-corrected chi connectivity index (χ4v) is 5.33. The van der Waals surface area contributed by atoms with E-state index in [1.54, 1.807) is 24.4 Å². The number of nitrogens with one attached hydrogen (secondary N) is 3. The van der Waals surface area contributed by atoms with Gasteiger partial charge in [-0.3, -0.25) is 9.59 Å². The van der Waals surface area contributed by atoms with Crippen LogP contribution in [0.1, 0.15) is 58.5 Å². The second kappa shape index (κ2) is 9.74. The van der Waals surface area contributed by atoms with Gasteiger partial charge < -0.3 is 20.9 Å². The molecule has 5 rings (SSSR count). The molecule has 0 unspecified atom stereocenters. The van der Waals surface area contributed by atoms with Crippen LogP contribution in [0, 0.1) is 5.92 Å². The third kappa shape index (κ3) is 4.71. The quantitative estimate of drug-likeness (QED) is 0.462. The van der Waals surface area contributed by atoms with Gasteiger partial charge in [0, 0.05) is 35.2 Å². The number of likely N-dealkylation sites (tertiary alicyclic amines) is 1. The molecule has 36 heavy (non-hydrogen) atoms. The molecule has 0 atom stereocenters. The standard InChI is InChI=1S/C29H33N5O2/c1-29(2,20-13-16-34(3)17-14-20)19-9-11-21(12-10-19)32-28(36)23-7-5-15-30-26(23)33-25-8-4-6-22-24(25)18-31-27(22)35/h4-12,15,20H,13-14,16-18H2,1-3H3,(H,30,33)(H,31,35)(H,32,36). The summed E-state index contributed by atoms with van der Waals surface area (Å²) in [7, 11) is 2.19.